The first-order valence-corrected chi connectivity index (χ1v) is 12.5. The molecule has 2 N–H and O–H groups in total. The van der Waals surface area contributed by atoms with Crippen LogP contribution in [0.2, 0.25) is 5.15 Å². The lowest BCUT2D eigenvalue weighted by Gasteiger charge is -2.28. The molecule has 2 aromatic heterocycles. The zero-order valence-corrected chi connectivity index (χ0v) is 21.6. The highest BCUT2D eigenvalue weighted by atomic mass is 35.5. The molecule has 0 bridgehead atoms. The van der Waals surface area contributed by atoms with E-state index in [4.69, 9.17) is 16.0 Å². The van der Waals surface area contributed by atoms with Crippen molar-refractivity contribution in [1.29, 1.82) is 0 Å². The summed E-state index contributed by atoms with van der Waals surface area (Å²) in [6, 6.07) is 10.8. The van der Waals surface area contributed by atoms with Crippen LogP contribution in [0, 0.1) is 5.92 Å². The van der Waals surface area contributed by atoms with Gasteiger partial charge in [-0.3, -0.25) is 4.79 Å². The Hall–Kier alpha value is -3.01. The number of carbonyl (C=O) groups is 1. The van der Waals surface area contributed by atoms with Crippen molar-refractivity contribution in [3.05, 3.63) is 80.9 Å². The maximum atomic E-state index is 13.2. The number of rotatable bonds is 8. The molecule has 1 aliphatic heterocycles. The molecule has 36 heavy (non-hydrogen) atoms. The second-order valence-corrected chi connectivity index (χ2v) is 10.1. The molecule has 0 spiro atoms. The quantitative estimate of drug-likeness (QED) is 0.444. The summed E-state index contributed by atoms with van der Waals surface area (Å²) in [7, 11) is 3.21. The fourth-order valence-electron chi connectivity index (χ4n) is 4.83. The molecule has 4 atom stereocenters. The van der Waals surface area contributed by atoms with E-state index in [1.165, 1.54) is 7.05 Å². The van der Waals surface area contributed by atoms with Crippen molar-refractivity contribution in [2.24, 2.45) is 13.0 Å². The van der Waals surface area contributed by atoms with Gasteiger partial charge in [-0.25, -0.2) is 9.78 Å². The van der Waals surface area contributed by atoms with Crippen LogP contribution in [0.25, 0.3) is 0 Å². The number of aliphatic hydroxyl groups is 1. The van der Waals surface area contributed by atoms with Gasteiger partial charge in [-0.2, -0.15) is 4.68 Å². The Balaban J connectivity index is 1.38. The number of hydrogen-bond acceptors (Lipinski definition) is 7. The van der Waals surface area contributed by atoms with Gasteiger partial charge in [0, 0.05) is 43.5 Å². The van der Waals surface area contributed by atoms with Crippen LogP contribution in [0.4, 0.5) is 0 Å². The van der Waals surface area contributed by atoms with Gasteiger partial charge in [-0.15, -0.1) is 5.10 Å². The average Bonchev–Trinajstić information content (AvgIpc) is 3.45. The molecule has 10 heteroatoms. The van der Waals surface area contributed by atoms with Gasteiger partial charge >= 0.3 is 5.76 Å². The normalized spacial score (nSPS) is 19.4. The largest absolute Gasteiger partial charge is 0.436 e. The Morgan fingerprint density at radius 1 is 1.25 bits per heavy atom. The minimum absolute atomic E-state index is 0.00309. The first kappa shape index (κ1) is 26.1. The number of aryl methyl sites for hydroxylation is 1. The number of amides is 1. The second kappa shape index (κ2) is 10.9. The van der Waals surface area contributed by atoms with Gasteiger partial charge in [0.15, 0.2) is 0 Å². The van der Waals surface area contributed by atoms with E-state index in [-0.39, 0.29) is 29.8 Å². The summed E-state index contributed by atoms with van der Waals surface area (Å²) in [5.41, 5.74) is 2.40. The van der Waals surface area contributed by atoms with Gasteiger partial charge in [-0.05, 0) is 48.9 Å². The van der Waals surface area contributed by atoms with Crippen LogP contribution in [0.5, 0.6) is 0 Å². The zero-order chi connectivity index (χ0) is 26.0. The Labute approximate surface area is 215 Å². The maximum Gasteiger partial charge on any atom is 0.436 e. The predicted octanol–water partition coefficient (Wildman–Crippen LogP) is 3.29. The summed E-state index contributed by atoms with van der Waals surface area (Å²) >= 11 is 5.85. The molecule has 1 aliphatic rings. The van der Waals surface area contributed by atoms with Gasteiger partial charge < -0.3 is 19.7 Å². The molecule has 192 valence electrons. The summed E-state index contributed by atoms with van der Waals surface area (Å²) in [6.07, 6.45) is 3.56. The number of aliphatic hydroxyl groups excluding tert-OH is 1. The molecule has 9 nitrogen and oxygen atoms in total. The number of nitrogens with one attached hydrogen (secondary N) is 1. The molecule has 1 amide bonds. The van der Waals surface area contributed by atoms with E-state index in [0.29, 0.717) is 10.7 Å². The zero-order valence-electron chi connectivity index (χ0n) is 20.9. The standard InChI is InChI=1S/C26H32ClN5O4/c1-15(2)22(24-30-32(4)26(35)36-24)31(3)25(34)17-7-5-16(6-8-17)13-19-10-11-20(29-19)23(33)18-9-12-21(27)28-14-18/h5-9,12,14-15,19-20,22-23,29,33H,10-11,13H2,1-4H3/t19-,20+,22?,23?/m0/s1. The van der Waals surface area contributed by atoms with Crippen LogP contribution >= 0.6 is 11.6 Å². The highest BCUT2D eigenvalue weighted by molar-refractivity contribution is 6.29. The van der Waals surface area contributed by atoms with E-state index < -0.39 is 17.9 Å². The molecule has 1 saturated heterocycles. The van der Waals surface area contributed by atoms with Crippen molar-refractivity contribution in [1.82, 2.24) is 25.0 Å². The Morgan fingerprint density at radius 3 is 2.56 bits per heavy atom. The third-order valence-corrected chi connectivity index (χ3v) is 6.98. The van der Waals surface area contributed by atoms with Crippen molar-refractivity contribution >= 4 is 17.5 Å². The van der Waals surface area contributed by atoms with Crippen molar-refractivity contribution in [3.63, 3.8) is 0 Å². The van der Waals surface area contributed by atoms with Gasteiger partial charge in [-0.1, -0.05) is 43.6 Å². The summed E-state index contributed by atoms with van der Waals surface area (Å²) in [4.78, 5) is 30.6. The van der Waals surface area contributed by atoms with Gasteiger partial charge in [0.05, 0.1) is 6.10 Å². The van der Waals surface area contributed by atoms with E-state index >= 15 is 0 Å². The van der Waals surface area contributed by atoms with Crippen LogP contribution in [0.3, 0.4) is 0 Å². The van der Waals surface area contributed by atoms with E-state index in [1.54, 1.807) is 30.3 Å². The lowest BCUT2D eigenvalue weighted by Crippen LogP contribution is -2.35. The molecule has 4 rings (SSSR count). The fraction of sp³-hybridized carbons (Fsp3) is 0.462. The lowest BCUT2D eigenvalue weighted by atomic mass is 10.00. The number of nitrogens with zero attached hydrogens (tertiary/aromatic N) is 4. The minimum Gasteiger partial charge on any atom is -0.390 e. The topological polar surface area (TPSA) is 113 Å². The first-order valence-electron chi connectivity index (χ1n) is 12.1. The number of aromatic nitrogens is 3. The molecule has 3 heterocycles. The lowest BCUT2D eigenvalue weighted by molar-refractivity contribution is 0.0650. The SMILES string of the molecule is CC(C)C(c1nn(C)c(=O)o1)N(C)C(=O)c1ccc(C[C@@H]2CC[C@H](C(O)c3ccc(Cl)nc3)N2)cc1. The molecule has 2 unspecified atom stereocenters. The third kappa shape index (κ3) is 5.69. The number of benzene rings is 1. The Morgan fingerprint density at radius 2 is 1.97 bits per heavy atom. The van der Waals surface area contributed by atoms with Crippen LogP contribution in [0.15, 0.2) is 51.8 Å². The van der Waals surface area contributed by atoms with Crippen LogP contribution < -0.4 is 11.1 Å². The Kier molecular flexibility index (Phi) is 7.92. The molecular weight excluding hydrogens is 482 g/mol. The number of halogens is 1. The molecular formula is C26H32ClN5O4. The summed E-state index contributed by atoms with van der Waals surface area (Å²) in [5.74, 6) is -0.506. The molecule has 0 saturated carbocycles. The smallest absolute Gasteiger partial charge is 0.390 e. The fourth-order valence-corrected chi connectivity index (χ4v) is 4.95. The molecule has 1 aromatic carbocycles. The van der Waals surface area contributed by atoms with E-state index in [9.17, 15) is 14.7 Å². The monoisotopic (exact) mass is 513 g/mol. The molecule has 0 aliphatic carbocycles. The average molecular weight is 514 g/mol. The number of hydrogen-bond donors (Lipinski definition) is 2. The van der Waals surface area contributed by atoms with Crippen LogP contribution in [-0.4, -0.2) is 49.8 Å². The third-order valence-electron chi connectivity index (χ3n) is 6.76. The summed E-state index contributed by atoms with van der Waals surface area (Å²) < 4.78 is 6.40. The molecule has 0 radical (unpaired) electrons. The van der Waals surface area contributed by atoms with Gasteiger partial charge in [0.2, 0.25) is 5.89 Å². The summed E-state index contributed by atoms with van der Waals surface area (Å²) in [6.45, 7) is 3.91. The predicted molar refractivity (Wildman–Crippen MR) is 136 cm³/mol. The van der Waals surface area contributed by atoms with Crippen molar-refractivity contribution < 1.29 is 14.3 Å². The number of pyridine rings is 1. The maximum absolute atomic E-state index is 13.2. The second-order valence-electron chi connectivity index (χ2n) is 9.74. The van der Waals surface area contributed by atoms with Crippen molar-refractivity contribution in [2.75, 3.05) is 7.05 Å². The van der Waals surface area contributed by atoms with E-state index in [0.717, 1.165) is 35.1 Å². The summed E-state index contributed by atoms with van der Waals surface area (Å²) in [5, 5.41) is 18.8. The minimum atomic E-state index is -0.646. The van der Waals surface area contributed by atoms with E-state index in [2.05, 4.69) is 15.4 Å². The van der Waals surface area contributed by atoms with Gasteiger partial charge in [0.25, 0.3) is 5.91 Å². The van der Waals surface area contributed by atoms with Crippen LogP contribution in [0.1, 0.15) is 66.2 Å². The van der Waals surface area contributed by atoms with Crippen molar-refractivity contribution in [2.45, 2.75) is 57.3 Å². The van der Waals surface area contributed by atoms with E-state index in [1.807, 2.05) is 38.1 Å². The highest BCUT2D eigenvalue weighted by Gasteiger charge is 2.32. The first-order chi connectivity index (χ1) is 17.1. The molecule has 3 aromatic rings. The van der Waals surface area contributed by atoms with Crippen LogP contribution in [-0.2, 0) is 13.5 Å². The molecule has 1 fully saturated rings. The Bertz CT molecular complexity index is 1240. The number of carbonyl (C=O) groups excluding carboxylic acids is 1. The van der Waals surface area contributed by atoms with Crippen molar-refractivity contribution in [3.8, 4) is 0 Å². The van der Waals surface area contributed by atoms with Gasteiger partial charge in [0.1, 0.15) is 11.2 Å². The highest BCUT2D eigenvalue weighted by Crippen LogP contribution is 2.28.